The number of nitrogens with one attached hydrogen (secondary N) is 1. The minimum atomic E-state index is -3.81. The van der Waals surface area contributed by atoms with E-state index in [1.165, 1.54) is 0 Å². The van der Waals surface area contributed by atoms with E-state index in [4.69, 9.17) is 17.1 Å². The monoisotopic (exact) mass is 505 g/mol. The van der Waals surface area contributed by atoms with Crippen molar-refractivity contribution in [1.29, 1.82) is 0 Å². The Balaban J connectivity index is 2.09. The standard InChI is InChI=1S/C26H32N4O4S/c1-20(2)30(16-10-11-17-34-19-24(31)29-35(3,32)33)23-18-27-25(21-12-6-4-7-13-21)26(28-23)22-14-8-5-9-15-22/h4-9,12-15,18,20H,10-11,16-17,19H2,1-3H3,(H,29,31)/i1D3,2D3,16D2,20D. The SMILES string of the molecule is [2H]C([2H])(CCCOCC(=O)NS(C)(=O)=O)N(c1cnc(-c2ccccc2)c(-c2ccccc2)n1)C([2H])(C([2H])([2H])[2H])C([2H])([2H])[2H]. The molecule has 3 rings (SSSR count). The molecule has 0 aliphatic heterocycles. The van der Waals surface area contributed by atoms with Gasteiger partial charge in [0.25, 0.3) is 5.91 Å². The molecule has 35 heavy (non-hydrogen) atoms. The van der Waals surface area contributed by atoms with E-state index in [1.807, 2.05) is 0 Å². The first-order valence-corrected chi connectivity index (χ1v) is 12.5. The Labute approximate surface area is 220 Å². The predicted molar refractivity (Wildman–Crippen MR) is 138 cm³/mol. The van der Waals surface area contributed by atoms with Gasteiger partial charge in [0, 0.05) is 41.2 Å². The summed E-state index contributed by atoms with van der Waals surface area (Å²) in [5, 5.41) is 0. The summed E-state index contributed by atoms with van der Waals surface area (Å²) >= 11 is 0. The lowest BCUT2D eigenvalue weighted by molar-refractivity contribution is -0.123. The molecule has 0 fully saturated rings. The third-order valence-corrected chi connectivity index (χ3v) is 5.17. The van der Waals surface area contributed by atoms with Gasteiger partial charge in [0.2, 0.25) is 10.0 Å². The average molecular weight is 506 g/mol. The number of sulfonamides is 1. The van der Waals surface area contributed by atoms with Gasteiger partial charge in [0.1, 0.15) is 12.4 Å². The number of aromatic nitrogens is 2. The van der Waals surface area contributed by atoms with Gasteiger partial charge >= 0.3 is 0 Å². The molecule has 2 aromatic carbocycles. The number of carbonyl (C=O) groups is 1. The first-order valence-electron chi connectivity index (χ1n) is 15.1. The highest BCUT2D eigenvalue weighted by Gasteiger charge is 2.17. The van der Waals surface area contributed by atoms with E-state index < -0.39 is 61.0 Å². The fourth-order valence-corrected chi connectivity index (χ4v) is 3.61. The molecular formula is C26H32N4O4S. The average Bonchev–Trinajstić information content (AvgIpc) is 2.91. The van der Waals surface area contributed by atoms with Crippen LogP contribution >= 0.6 is 0 Å². The lowest BCUT2D eigenvalue weighted by Crippen LogP contribution is -2.33. The molecule has 9 heteroatoms. The van der Waals surface area contributed by atoms with Crippen LogP contribution in [0.3, 0.4) is 0 Å². The van der Waals surface area contributed by atoms with Gasteiger partial charge in [-0.3, -0.25) is 14.5 Å². The second-order valence-corrected chi connectivity index (χ2v) is 9.20. The minimum absolute atomic E-state index is 0.172. The highest BCUT2D eigenvalue weighted by Crippen LogP contribution is 2.30. The molecule has 1 N–H and O–H groups in total. The summed E-state index contributed by atoms with van der Waals surface area (Å²) in [7, 11) is -3.81. The Hall–Kier alpha value is -3.30. The fraction of sp³-hybridized carbons (Fsp3) is 0.346. The zero-order valence-electron chi connectivity index (χ0n) is 28.1. The molecule has 1 heterocycles. The molecule has 0 saturated heterocycles. The van der Waals surface area contributed by atoms with Crippen LogP contribution in [0.15, 0.2) is 66.9 Å². The van der Waals surface area contributed by atoms with Crippen LogP contribution in [0.1, 0.15) is 38.9 Å². The molecular weight excluding hydrogens is 464 g/mol. The number of hydrogen-bond donors (Lipinski definition) is 1. The van der Waals surface area contributed by atoms with Crippen molar-refractivity contribution in [3.63, 3.8) is 0 Å². The minimum Gasteiger partial charge on any atom is -0.372 e. The molecule has 0 atom stereocenters. The maximum atomic E-state index is 11.7. The van der Waals surface area contributed by atoms with Crippen molar-refractivity contribution in [2.45, 2.75) is 32.6 Å². The van der Waals surface area contributed by atoms with Crippen LogP contribution in [0.25, 0.3) is 22.5 Å². The Morgan fingerprint density at radius 2 is 1.71 bits per heavy atom. The number of carbonyl (C=O) groups excluding carboxylic acids is 1. The van der Waals surface area contributed by atoms with Crippen LogP contribution in [-0.2, 0) is 19.6 Å². The van der Waals surface area contributed by atoms with Gasteiger partial charge in [-0.2, -0.15) is 0 Å². The summed E-state index contributed by atoms with van der Waals surface area (Å²) in [6.45, 7) is -10.9. The zero-order valence-corrected chi connectivity index (χ0v) is 19.9. The third-order valence-electron chi connectivity index (χ3n) is 4.57. The highest BCUT2D eigenvalue weighted by atomic mass is 32.2. The Bertz CT molecular complexity index is 1520. The first-order chi connectivity index (χ1) is 20.3. The molecule has 0 bridgehead atoms. The van der Waals surface area contributed by atoms with Crippen molar-refractivity contribution < 1.29 is 30.3 Å². The van der Waals surface area contributed by atoms with Crippen LogP contribution in [0.2, 0.25) is 0 Å². The second kappa shape index (κ2) is 12.4. The molecule has 1 aromatic heterocycles. The van der Waals surface area contributed by atoms with Gasteiger partial charge in [-0.15, -0.1) is 0 Å². The number of hydrogen-bond acceptors (Lipinski definition) is 7. The number of rotatable bonds is 12. The quantitative estimate of drug-likeness (QED) is 0.373. The van der Waals surface area contributed by atoms with Crippen molar-refractivity contribution >= 4 is 21.7 Å². The second-order valence-electron chi connectivity index (χ2n) is 7.45. The summed E-state index contributed by atoms with van der Waals surface area (Å²) in [5.74, 6) is -1.45. The fourth-order valence-electron chi connectivity index (χ4n) is 3.13. The first kappa shape index (κ1) is 16.4. The van der Waals surface area contributed by atoms with Crippen LogP contribution in [-0.4, -0.2) is 56.3 Å². The number of anilines is 1. The Morgan fingerprint density at radius 3 is 2.31 bits per heavy atom. The van der Waals surface area contributed by atoms with Gasteiger partial charge in [-0.25, -0.2) is 13.4 Å². The molecule has 0 radical (unpaired) electrons. The van der Waals surface area contributed by atoms with E-state index in [0.717, 1.165) is 12.5 Å². The summed E-state index contributed by atoms with van der Waals surface area (Å²) in [5.41, 5.74) is 1.73. The van der Waals surface area contributed by atoms with Crippen LogP contribution in [0, 0.1) is 0 Å². The van der Waals surface area contributed by atoms with E-state index in [9.17, 15) is 13.2 Å². The van der Waals surface area contributed by atoms with E-state index in [1.54, 1.807) is 65.4 Å². The van der Waals surface area contributed by atoms with Crippen molar-refractivity contribution in [2.75, 3.05) is 30.9 Å². The number of ether oxygens (including phenoxy) is 1. The molecule has 1 amide bonds. The molecule has 8 nitrogen and oxygen atoms in total. The topological polar surface area (TPSA) is 101 Å². The molecule has 0 spiro atoms. The highest BCUT2D eigenvalue weighted by molar-refractivity contribution is 7.89. The van der Waals surface area contributed by atoms with Crippen molar-refractivity contribution in [2.24, 2.45) is 0 Å². The third kappa shape index (κ3) is 8.15. The molecule has 0 unspecified atom stereocenters. The van der Waals surface area contributed by atoms with Crippen molar-refractivity contribution in [1.82, 2.24) is 14.7 Å². The lowest BCUT2D eigenvalue weighted by Gasteiger charge is -2.28. The zero-order chi connectivity index (χ0) is 33.0. The smallest absolute Gasteiger partial charge is 0.259 e. The van der Waals surface area contributed by atoms with Gasteiger partial charge in [-0.05, 0) is 26.5 Å². The summed E-state index contributed by atoms with van der Waals surface area (Å²) in [6, 6.07) is 14.0. The van der Waals surface area contributed by atoms with Crippen molar-refractivity contribution in [3.05, 3.63) is 66.9 Å². The van der Waals surface area contributed by atoms with Gasteiger partial charge in [0.05, 0.1) is 25.2 Å². The van der Waals surface area contributed by atoms with E-state index >= 15 is 0 Å². The number of benzene rings is 2. The summed E-state index contributed by atoms with van der Waals surface area (Å²) in [4.78, 5) is 21.0. The largest absolute Gasteiger partial charge is 0.372 e. The normalized spacial score (nSPS) is 16.7. The van der Waals surface area contributed by atoms with E-state index in [-0.39, 0.29) is 18.7 Å². The van der Waals surface area contributed by atoms with Crippen LogP contribution < -0.4 is 9.62 Å². The Kier molecular flexibility index (Phi) is 5.81. The summed E-state index contributed by atoms with van der Waals surface area (Å²) in [6.07, 6.45) is 1.10. The summed E-state index contributed by atoms with van der Waals surface area (Å²) < 4.78 is 104. The molecule has 3 aromatic rings. The predicted octanol–water partition coefficient (Wildman–Crippen LogP) is 3.90. The molecule has 0 saturated carbocycles. The van der Waals surface area contributed by atoms with E-state index in [2.05, 4.69) is 9.97 Å². The molecule has 186 valence electrons. The van der Waals surface area contributed by atoms with Crippen molar-refractivity contribution in [3.8, 4) is 22.5 Å². The maximum absolute atomic E-state index is 11.7. The van der Waals surface area contributed by atoms with Gasteiger partial charge in [0.15, 0.2) is 0 Å². The number of nitrogens with zero attached hydrogens (tertiary/aromatic N) is 3. The Morgan fingerprint density at radius 1 is 1.09 bits per heavy atom. The molecule has 0 aliphatic carbocycles. The van der Waals surface area contributed by atoms with Gasteiger partial charge < -0.3 is 9.64 Å². The maximum Gasteiger partial charge on any atom is 0.259 e. The molecule has 0 aliphatic rings. The number of amides is 1. The van der Waals surface area contributed by atoms with E-state index in [0.29, 0.717) is 21.7 Å². The van der Waals surface area contributed by atoms with Crippen LogP contribution in [0.4, 0.5) is 5.82 Å². The van der Waals surface area contributed by atoms with Crippen LogP contribution in [0.5, 0.6) is 0 Å². The van der Waals surface area contributed by atoms with Gasteiger partial charge in [-0.1, -0.05) is 60.7 Å². The lowest BCUT2D eigenvalue weighted by atomic mass is 10.0.